The molecule has 1 unspecified atom stereocenters. The number of hydrogen-bond acceptors (Lipinski definition) is 2. The number of hydrazone groups is 1. The first-order valence-corrected chi connectivity index (χ1v) is 5.43. The van der Waals surface area contributed by atoms with Gasteiger partial charge in [-0.25, -0.2) is 0 Å². The third kappa shape index (κ3) is 2.09. The van der Waals surface area contributed by atoms with E-state index in [0.717, 1.165) is 0 Å². The van der Waals surface area contributed by atoms with E-state index >= 15 is 0 Å². The van der Waals surface area contributed by atoms with E-state index in [2.05, 4.69) is 10.5 Å². The maximum atomic E-state index is 13.1. The molecule has 1 aliphatic rings. The lowest BCUT2D eigenvalue weighted by Gasteiger charge is -2.31. The highest BCUT2D eigenvalue weighted by Gasteiger charge is 2.57. The van der Waals surface area contributed by atoms with Crippen molar-refractivity contribution in [3.05, 3.63) is 33.8 Å². The van der Waals surface area contributed by atoms with Crippen LogP contribution in [0.3, 0.4) is 0 Å². The maximum Gasteiger partial charge on any atom is 0.417 e. The van der Waals surface area contributed by atoms with Crippen molar-refractivity contribution in [3.8, 4) is 0 Å². The van der Waals surface area contributed by atoms with Crippen molar-refractivity contribution in [2.45, 2.75) is 18.1 Å². The Hall–Kier alpha value is -0.940. The molecule has 0 amide bonds. The van der Waals surface area contributed by atoms with Gasteiger partial charge in [-0.05, 0) is 23.8 Å². The number of nitrogens with one attached hydrogen (secondary N) is 1. The van der Waals surface area contributed by atoms with Crippen molar-refractivity contribution in [2.24, 2.45) is 5.10 Å². The smallest absolute Gasteiger partial charge is 0.290 e. The van der Waals surface area contributed by atoms with Gasteiger partial charge in [-0.15, -0.1) is 0 Å². The second-order valence-corrected chi connectivity index (χ2v) is 4.56. The van der Waals surface area contributed by atoms with Gasteiger partial charge in [0.15, 0.2) is 5.54 Å². The van der Waals surface area contributed by atoms with E-state index in [1.54, 1.807) is 0 Å². The zero-order chi connectivity index (χ0) is 12.7. The van der Waals surface area contributed by atoms with E-state index < -0.39 is 11.7 Å². The van der Waals surface area contributed by atoms with Crippen LogP contribution in [0.5, 0.6) is 0 Å². The molecule has 0 fully saturated rings. The Morgan fingerprint density at radius 1 is 1.18 bits per heavy atom. The predicted molar refractivity (Wildman–Crippen MR) is 60.4 cm³/mol. The fraction of sp³-hybridized carbons (Fsp3) is 0.300. The molecule has 2 nitrogen and oxygen atoms in total. The van der Waals surface area contributed by atoms with Crippen LogP contribution in [0.4, 0.5) is 13.2 Å². The van der Waals surface area contributed by atoms with Crippen LogP contribution >= 0.6 is 23.2 Å². The molecule has 1 aliphatic heterocycles. The van der Waals surface area contributed by atoms with Crippen LogP contribution in [-0.4, -0.2) is 12.4 Å². The number of benzene rings is 1. The normalized spacial score (nSPS) is 23.8. The van der Waals surface area contributed by atoms with Crippen molar-refractivity contribution in [2.75, 3.05) is 0 Å². The molecule has 2 rings (SSSR count). The third-order valence-electron chi connectivity index (χ3n) is 2.58. The molecule has 1 heterocycles. The van der Waals surface area contributed by atoms with E-state index in [9.17, 15) is 13.2 Å². The molecule has 17 heavy (non-hydrogen) atoms. The lowest BCUT2D eigenvalue weighted by atomic mass is 9.88. The summed E-state index contributed by atoms with van der Waals surface area (Å²) in [4.78, 5) is 0. The minimum absolute atomic E-state index is 0.0417. The summed E-state index contributed by atoms with van der Waals surface area (Å²) in [6.07, 6.45) is -3.59. The Morgan fingerprint density at radius 3 is 2.18 bits per heavy atom. The molecular weight excluding hydrogens is 276 g/mol. The highest BCUT2D eigenvalue weighted by Crippen LogP contribution is 2.44. The van der Waals surface area contributed by atoms with Gasteiger partial charge in [-0.2, -0.15) is 18.3 Å². The summed E-state index contributed by atoms with van der Waals surface area (Å²) in [5, 5.41) is 3.77. The van der Waals surface area contributed by atoms with Crippen molar-refractivity contribution < 1.29 is 13.2 Å². The first kappa shape index (κ1) is 12.5. The summed E-state index contributed by atoms with van der Waals surface area (Å²) in [5.41, 5.74) is -0.168. The molecule has 0 radical (unpaired) electrons. The zero-order valence-corrected chi connectivity index (χ0v) is 9.87. The molecule has 0 aromatic heterocycles. The van der Waals surface area contributed by atoms with Crippen molar-refractivity contribution in [1.82, 2.24) is 5.43 Å². The van der Waals surface area contributed by atoms with Crippen LogP contribution in [0.1, 0.15) is 12.0 Å². The lowest BCUT2D eigenvalue weighted by molar-refractivity contribution is -0.196. The summed E-state index contributed by atoms with van der Waals surface area (Å²) < 4.78 is 39.4. The van der Waals surface area contributed by atoms with E-state index in [0.29, 0.717) is 0 Å². The number of rotatable bonds is 1. The van der Waals surface area contributed by atoms with Gasteiger partial charge in [-0.1, -0.05) is 23.2 Å². The van der Waals surface area contributed by atoms with E-state index in [1.807, 2.05) is 0 Å². The second kappa shape index (κ2) is 4.07. The van der Waals surface area contributed by atoms with Gasteiger partial charge in [0.05, 0.1) is 0 Å². The molecule has 0 saturated carbocycles. The Balaban J connectivity index is 2.54. The van der Waals surface area contributed by atoms with Crippen LogP contribution in [0.25, 0.3) is 0 Å². The third-order valence-corrected chi connectivity index (χ3v) is 3.02. The van der Waals surface area contributed by atoms with E-state index in [1.165, 1.54) is 24.4 Å². The highest BCUT2D eigenvalue weighted by molar-refractivity contribution is 6.34. The van der Waals surface area contributed by atoms with E-state index in [4.69, 9.17) is 23.2 Å². The molecule has 1 atom stereocenters. The van der Waals surface area contributed by atoms with Crippen LogP contribution in [0.2, 0.25) is 10.0 Å². The molecule has 1 N–H and O–H groups in total. The number of nitrogens with zero attached hydrogens (tertiary/aromatic N) is 1. The first-order chi connectivity index (χ1) is 7.85. The zero-order valence-electron chi connectivity index (χ0n) is 8.35. The molecule has 0 aliphatic carbocycles. The largest absolute Gasteiger partial charge is 0.417 e. The highest BCUT2D eigenvalue weighted by atomic mass is 35.5. The van der Waals surface area contributed by atoms with Crippen molar-refractivity contribution in [1.29, 1.82) is 0 Å². The topological polar surface area (TPSA) is 24.4 Å². The first-order valence-electron chi connectivity index (χ1n) is 4.67. The summed E-state index contributed by atoms with van der Waals surface area (Å²) in [6.45, 7) is 0. The SMILES string of the molecule is FC(F)(F)C1(c2cc(Cl)cc(Cl)c2)CC=NN1. The standard InChI is InChI=1S/C10H7Cl2F3N2/c11-7-3-6(4-8(12)5-7)9(10(13,14)15)1-2-16-17-9/h2-5,17H,1H2. The summed E-state index contributed by atoms with van der Waals surface area (Å²) in [5.74, 6) is 0. The Morgan fingerprint density at radius 2 is 1.76 bits per heavy atom. The molecule has 0 saturated heterocycles. The fourth-order valence-corrected chi connectivity index (χ4v) is 2.24. The van der Waals surface area contributed by atoms with Gasteiger partial charge < -0.3 is 0 Å². The van der Waals surface area contributed by atoms with Gasteiger partial charge in [0.1, 0.15) is 0 Å². The van der Waals surface area contributed by atoms with Crippen LogP contribution < -0.4 is 5.43 Å². The van der Waals surface area contributed by atoms with Crippen molar-refractivity contribution >= 4 is 29.4 Å². The average molecular weight is 283 g/mol. The Bertz CT molecular complexity index is 443. The minimum Gasteiger partial charge on any atom is -0.290 e. The summed E-state index contributed by atoms with van der Waals surface area (Å²) >= 11 is 11.4. The molecular formula is C10H7Cl2F3N2. The summed E-state index contributed by atoms with van der Waals surface area (Å²) in [7, 11) is 0. The maximum absolute atomic E-state index is 13.1. The fourth-order valence-electron chi connectivity index (χ4n) is 1.71. The Labute approximate surface area is 105 Å². The van der Waals surface area contributed by atoms with Gasteiger partial charge >= 0.3 is 6.18 Å². The van der Waals surface area contributed by atoms with Crippen molar-refractivity contribution in [3.63, 3.8) is 0 Å². The van der Waals surface area contributed by atoms with Gasteiger partial charge in [0.25, 0.3) is 0 Å². The molecule has 0 bridgehead atoms. The molecule has 1 aromatic carbocycles. The van der Waals surface area contributed by atoms with Crippen LogP contribution in [-0.2, 0) is 5.54 Å². The second-order valence-electron chi connectivity index (χ2n) is 3.69. The molecule has 1 aromatic rings. The molecule has 0 spiro atoms. The van der Waals surface area contributed by atoms with Gasteiger partial charge in [0, 0.05) is 22.7 Å². The lowest BCUT2D eigenvalue weighted by Crippen LogP contribution is -2.49. The monoisotopic (exact) mass is 282 g/mol. The van der Waals surface area contributed by atoms with Crippen LogP contribution in [0, 0.1) is 0 Å². The predicted octanol–water partition coefficient (Wildman–Crippen LogP) is 3.73. The average Bonchev–Trinajstić information content (AvgIpc) is 2.64. The molecule has 7 heteroatoms. The Kier molecular flexibility index (Phi) is 2.99. The summed E-state index contributed by atoms with van der Waals surface area (Å²) in [6, 6.07) is 3.86. The quantitative estimate of drug-likeness (QED) is 0.834. The molecule has 92 valence electrons. The van der Waals surface area contributed by atoms with Crippen LogP contribution in [0.15, 0.2) is 23.3 Å². The van der Waals surface area contributed by atoms with Gasteiger partial charge in [0.2, 0.25) is 0 Å². The number of halogens is 5. The number of alkyl halides is 3. The van der Waals surface area contributed by atoms with E-state index in [-0.39, 0.29) is 22.0 Å². The van der Waals surface area contributed by atoms with Gasteiger partial charge in [-0.3, -0.25) is 5.43 Å². The minimum atomic E-state index is -4.49. The number of hydrogen-bond donors (Lipinski definition) is 1.